The molecule has 1 unspecified atom stereocenters. The first-order valence-electron chi connectivity index (χ1n) is 9.57. The van der Waals surface area contributed by atoms with Gasteiger partial charge in [-0.1, -0.05) is 25.8 Å². The summed E-state index contributed by atoms with van der Waals surface area (Å²) in [6, 6.07) is 8.08. The third-order valence-electron chi connectivity index (χ3n) is 5.01. The van der Waals surface area contributed by atoms with E-state index in [0.717, 1.165) is 24.1 Å². The quantitative estimate of drug-likeness (QED) is 0.300. The van der Waals surface area contributed by atoms with Crippen molar-refractivity contribution in [2.24, 2.45) is 0 Å². The molecule has 1 aliphatic rings. The lowest BCUT2D eigenvalue weighted by Crippen LogP contribution is -2.30. The van der Waals surface area contributed by atoms with Gasteiger partial charge in [-0.15, -0.1) is 11.3 Å². The predicted octanol–water partition coefficient (Wildman–Crippen LogP) is 4.38. The van der Waals surface area contributed by atoms with E-state index in [-0.39, 0.29) is 11.3 Å². The zero-order valence-corrected chi connectivity index (χ0v) is 17.6. The summed E-state index contributed by atoms with van der Waals surface area (Å²) in [5, 5.41) is 12.9. The number of carbonyl (C=O) groups is 2. The molecule has 0 spiro atoms. The maximum Gasteiger partial charge on any atom is 0.295 e. The van der Waals surface area contributed by atoms with Gasteiger partial charge in [-0.2, -0.15) is 0 Å². The summed E-state index contributed by atoms with van der Waals surface area (Å²) in [5.41, 5.74) is 0.511. The average Bonchev–Trinajstić information content (AvgIpc) is 3.35. The highest BCUT2D eigenvalue weighted by molar-refractivity contribution is 7.10. The Bertz CT molecular complexity index is 919. The van der Waals surface area contributed by atoms with Gasteiger partial charge < -0.3 is 19.5 Å². The van der Waals surface area contributed by atoms with E-state index < -0.39 is 17.7 Å². The van der Waals surface area contributed by atoms with Crippen molar-refractivity contribution in [2.45, 2.75) is 32.2 Å². The topological polar surface area (TPSA) is 76.1 Å². The van der Waals surface area contributed by atoms with E-state index in [0.29, 0.717) is 23.6 Å². The van der Waals surface area contributed by atoms with Crippen LogP contribution in [-0.4, -0.2) is 42.5 Å². The van der Waals surface area contributed by atoms with Crippen LogP contribution in [0.1, 0.15) is 42.7 Å². The van der Waals surface area contributed by atoms with Crippen LogP contribution in [0.15, 0.2) is 41.3 Å². The van der Waals surface area contributed by atoms with Crippen LogP contribution in [0.25, 0.3) is 5.76 Å². The number of hydrogen-bond acceptors (Lipinski definition) is 6. The second-order valence-corrected chi connectivity index (χ2v) is 7.76. The number of likely N-dealkylation sites (tertiary alicyclic amines) is 1. The van der Waals surface area contributed by atoms with Crippen LogP contribution >= 0.6 is 11.3 Å². The van der Waals surface area contributed by atoms with Crippen molar-refractivity contribution >= 4 is 28.8 Å². The molecular formula is C22H25NO5S. The summed E-state index contributed by atoms with van der Waals surface area (Å²) in [4.78, 5) is 28.1. The number of carbonyl (C=O) groups excluding carboxylic acids is 2. The normalized spacial score (nSPS) is 18.3. The lowest BCUT2D eigenvalue weighted by Gasteiger charge is -2.24. The number of rotatable bonds is 8. The first kappa shape index (κ1) is 20.9. The summed E-state index contributed by atoms with van der Waals surface area (Å²) >= 11 is 1.46. The molecule has 1 aromatic carbocycles. The molecule has 1 saturated heterocycles. The minimum Gasteiger partial charge on any atom is -0.507 e. The number of ether oxygens (including phenoxy) is 2. The molecule has 0 aliphatic carbocycles. The maximum atomic E-state index is 12.9. The number of aliphatic hydroxyl groups is 1. The molecule has 2 aromatic rings. The van der Waals surface area contributed by atoms with E-state index in [1.165, 1.54) is 25.6 Å². The molecule has 1 N–H and O–H groups in total. The van der Waals surface area contributed by atoms with Crippen LogP contribution < -0.4 is 9.47 Å². The molecule has 154 valence electrons. The highest BCUT2D eigenvalue weighted by atomic mass is 32.1. The van der Waals surface area contributed by atoms with E-state index in [4.69, 9.17) is 9.47 Å². The second kappa shape index (κ2) is 9.13. The number of unbranched alkanes of at least 4 members (excludes halogenated alkanes) is 2. The summed E-state index contributed by atoms with van der Waals surface area (Å²) in [7, 11) is 3.02. The minimum absolute atomic E-state index is 0.112. The molecule has 0 saturated carbocycles. The fraction of sp³-hybridized carbons (Fsp3) is 0.364. The third-order valence-corrected chi connectivity index (χ3v) is 5.94. The van der Waals surface area contributed by atoms with Crippen LogP contribution in [0, 0.1) is 0 Å². The first-order valence-corrected chi connectivity index (χ1v) is 10.5. The van der Waals surface area contributed by atoms with Gasteiger partial charge in [-0.05, 0) is 36.1 Å². The molecule has 1 fully saturated rings. The van der Waals surface area contributed by atoms with Crippen LogP contribution in [0.4, 0.5) is 0 Å². The van der Waals surface area contributed by atoms with Gasteiger partial charge in [0, 0.05) is 17.0 Å². The first-order chi connectivity index (χ1) is 14.0. The molecule has 1 amide bonds. The number of ketones is 1. The Morgan fingerprint density at radius 1 is 1.14 bits per heavy atom. The van der Waals surface area contributed by atoms with E-state index >= 15 is 0 Å². The molecular weight excluding hydrogens is 390 g/mol. The van der Waals surface area contributed by atoms with E-state index in [1.54, 1.807) is 23.1 Å². The SMILES string of the molecule is CCCCCN1C(=O)C(=O)/C(=C(\O)c2ccc(OC)c(OC)c2)C1c1cccs1. The molecule has 3 rings (SSSR count). The number of hydrogen-bond donors (Lipinski definition) is 1. The van der Waals surface area contributed by atoms with Gasteiger partial charge in [-0.25, -0.2) is 0 Å². The van der Waals surface area contributed by atoms with E-state index in [2.05, 4.69) is 6.92 Å². The van der Waals surface area contributed by atoms with E-state index in [1.807, 2.05) is 17.5 Å². The summed E-state index contributed by atoms with van der Waals surface area (Å²) in [6.45, 7) is 2.56. The highest BCUT2D eigenvalue weighted by Crippen LogP contribution is 2.42. The van der Waals surface area contributed by atoms with Gasteiger partial charge in [-0.3, -0.25) is 9.59 Å². The Balaban J connectivity index is 2.09. The Morgan fingerprint density at radius 3 is 2.52 bits per heavy atom. The van der Waals surface area contributed by atoms with Crippen LogP contribution in [0.3, 0.4) is 0 Å². The Hall–Kier alpha value is -2.80. The average molecular weight is 416 g/mol. The smallest absolute Gasteiger partial charge is 0.295 e. The standard InChI is InChI=1S/C22H25NO5S/c1-4-5-6-11-23-19(17-8-7-12-29-17)18(21(25)22(23)26)20(24)14-9-10-15(27-2)16(13-14)28-3/h7-10,12-13,19,24H,4-6,11H2,1-3H3/b20-18-. The monoisotopic (exact) mass is 415 g/mol. The number of amides is 1. The van der Waals surface area contributed by atoms with E-state index in [9.17, 15) is 14.7 Å². The Kier molecular flexibility index (Phi) is 6.59. The fourth-order valence-corrected chi connectivity index (χ4v) is 4.37. The van der Waals surface area contributed by atoms with Crippen molar-refractivity contribution in [1.29, 1.82) is 0 Å². The number of nitrogens with zero attached hydrogens (tertiary/aromatic N) is 1. The van der Waals surface area contributed by atoms with Crippen molar-refractivity contribution in [2.75, 3.05) is 20.8 Å². The number of Topliss-reactive ketones (excluding diaryl/α,β-unsaturated/α-hetero) is 1. The molecule has 1 aromatic heterocycles. The molecule has 7 heteroatoms. The lowest BCUT2D eigenvalue weighted by molar-refractivity contribution is -0.139. The van der Waals surface area contributed by atoms with Crippen LogP contribution in [0.2, 0.25) is 0 Å². The van der Waals surface area contributed by atoms with Crippen molar-refractivity contribution in [1.82, 2.24) is 4.90 Å². The predicted molar refractivity (Wildman–Crippen MR) is 112 cm³/mol. The van der Waals surface area contributed by atoms with Gasteiger partial charge in [0.1, 0.15) is 5.76 Å². The summed E-state index contributed by atoms with van der Waals surface area (Å²) < 4.78 is 10.5. The molecule has 6 nitrogen and oxygen atoms in total. The molecule has 1 aliphatic heterocycles. The van der Waals surface area contributed by atoms with Crippen LogP contribution in [0.5, 0.6) is 11.5 Å². The highest BCUT2D eigenvalue weighted by Gasteiger charge is 2.46. The molecule has 1 atom stereocenters. The number of methoxy groups -OCH3 is 2. The Labute approximate surface area is 174 Å². The van der Waals surface area contributed by atoms with Gasteiger partial charge in [0.2, 0.25) is 0 Å². The molecule has 29 heavy (non-hydrogen) atoms. The Morgan fingerprint density at radius 2 is 1.90 bits per heavy atom. The van der Waals surface area contributed by atoms with Crippen molar-refractivity contribution in [3.63, 3.8) is 0 Å². The van der Waals surface area contributed by atoms with Crippen molar-refractivity contribution in [3.05, 3.63) is 51.7 Å². The van der Waals surface area contributed by atoms with Crippen molar-refractivity contribution < 1.29 is 24.2 Å². The summed E-state index contributed by atoms with van der Waals surface area (Å²) in [5.74, 6) is -0.491. The zero-order chi connectivity index (χ0) is 21.0. The molecule has 0 bridgehead atoms. The maximum absolute atomic E-state index is 12.9. The molecule has 2 heterocycles. The second-order valence-electron chi connectivity index (χ2n) is 6.78. The van der Waals surface area contributed by atoms with Gasteiger partial charge >= 0.3 is 0 Å². The fourth-order valence-electron chi connectivity index (χ4n) is 3.52. The van der Waals surface area contributed by atoms with Gasteiger partial charge in [0.15, 0.2) is 11.5 Å². The van der Waals surface area contributed by atoms with Crippen LogP contribution in [-0.2, 0) is 9.59 Å². The number of aliphatic hydroxyl groups excluding tert-OH is 1. The summed E-state index contributed by atoms with van der Waals surface area (Å²) in [6.07, 6.45) is 2.79. The van der Waals surface area contributed by atoms with Crippen molar-refractivity contribution in [3.8, 4) is 11.5 Å². The minimum atomic E-state index is -0.660. The number of benzene rings is 1. The lowest BCUT2D eigenvalue weighted by atomic mass is 9.99. The van der Waals surface area contributed by atoms with Gasteiger partial charge in [0.05, 0.1) is 25.8 Å². The largest absolute Gasteiger partial charge is 0.507 e. The third kappa shape index (κ3) is 4.00. The van der Waals surface area contributed by atoms with Gasteiger partial charge in [0.25, 0.3) is 11.7 Å². The number of thiophene rings is 1. The zero-order valence-electron chi connectivity index (χ0n) is 16.8. The molecule has 0 radical (unpaired) electrons.